The number of hydrogen-bond donors (Lipinski definition) is 3. The van der Waals surface area contributed by atoms with Gasteiger partial charge < -0.3 is 15.7 Å². The maximum absolute atomic E-state index is 12.0. The van der Waals surface area contributed by atoms with Gasteiger partial charge in [-0.15, -0.1) is 0 Å². The molecule has 1 aromatic carbocycles. The number of nitrogens with one attached hydrogen (secondary N) is 2. The van der Waals surface area contributed by atoms with Gasteiger partial charge in [-0.25, -0.2) is 4.79 Å². The number of amides is 2. The summed E-state index contributed by atoms with van der Waals surface area (Å²) in [6.45, 7) is 0. The van der Waals surface area contributed by atoms with Crippen molar-refractivity contribution in [3.63, 3.8) is 0 Å². The Morgan fingerprint density at radius 2 is 2.10 bits per heavy atom. The van der Waals surface area contributed by atoms with Crippen molar-refractivity contribution in [3.8, 4) is 0 Å². The molecule has 0 fully saturated rings. The Morgan fingerprint density at radius 3 is 2.90 bits per heavy atom. The molecule has 5 nitrogen and oxygen atoms in total. The van der Waals surface area contributed by atoms with Crippen molar-refractivity contribution in [1.29, 1.82) is 0 Å². The predicted octanol–water partition coefficient (Wildman–Crippen LogP) is 1.86. The van der Waals surface area contributed by atoms with Gasteiger partial charge in [0.25, 0.3) is 0 Å². The molecule has 5 heteroatoms. The average molecular weight is 269 g/mol. The van der Waals surface area contributed by atoms with Crippen LogP contribution in [0.2, 0.25) is 0 Å². The highest BCUT2D eigenvalue weighted by Gasteiger charge is 2.31. The highest BCUT2D eigenvalue weighted by atomic mass is 16.3. The molecule has 0 saturated heterocycles. The van der Waals surface area contributed by atoms with Gasteiger partial charge in [-0.2, -0.15) is 0 Å². The highest BCUT2D eigenvalue weighted by Crippen LogP contribution is 2.31. The Balaban J connectivity index is 1.70. The highest BCUT2D eigenvalue weighted by molar-refractivity contribution is 5.89. The number of aliphatic hydroxyl groups excluding tert-OH is 1. The van der Waals surface area contributed by atoms with Crippen LogP contribution in [0.5, 0.6) is 0 Å². The number of anilines is 1. The van der Waals surface area contributed by atoms with Crippen LogP contribution in [-0.4, -0.2) is 22.2 Å². The molecule has 0 radical (unpaired) electrons. The van der Waals surface area contributed by atoms with Crippen molar-refractivity contribution >= 4 is 11.7 Å². The third-order valence-electron chi connectivity index (χ3n) is 3.41. The van der Waals surface area contributed by atoms with Crippen molar-refractivity contribution in [1.82, 2.24) is 10.3 Å². The van der Waals surface area contributed by atoms with Crippen LogP contribution in [-0.2, 0) is 6.42 Å². The Kier molecular flexibility index (Phi) is 3.35. The summed E-state index contributed by atoms with van der Waals surface area (Å²) in [6.07, 6.45) is 3.18. The molecule has 3 N–H and O–H groups in total. The molecule has 2 atom stereocenters. The van der Waals surface area contributed by atoms with Gasteiger partial charge in [0.05, 0.1) is 24.0 Å². The van der Waals surface area contributed by atoms with Crippen LogP contribution in [0.3, 0.4) is 0 Å². The molecule has 2 aromatic rings. The number of hydrogen-bond acceptors (Lipinski definition) is 3. The number of carbonyl (C=O) groups excluding carboxylic acids is 1. The summed E-state index contributed by atoms with van der Waals surface area (Å²) >= 11 is 0. The van der Waals surface area contributed by atoms with Crippen LogP contribution >= 0.6 is 0 Å². The number of rotatable bonds is 2. The van der Waals surface area contributed by atoms with E-state index in [4.69, 9.17) is 0 Å². The van der Waals surface area contributed by atoms with E-state index in [1.54, 1.807) is 24.5 Å². The van der Waals surface area contributed by atoms with Crippen molar-refractivity contribution in [2.24, 2.45) is 0 Å². The Labute approximate surface area is 116 Å². The van der Waals surface area contributed by atoms with Gasteiger partial charge in [-0.1, -0.05) is 24.3 Å². The lowest BCUT2D eigenvalue weighted by Gasteiger charge is -2.18. The first-order valence-electron chi connectivity index (χ1n) is 6.47. The molecule has 20 heavy (non-hydrogen) atoms. The molecule has 1 heterocycles. The van der Waals surface area contributed by atoms with Gasteiger partial charge in [-0.05, 0) is 23.3 Å². The molecule has 0 spiro atoms. The standard InChI is InChI=1S/C15H15N3O2/c19-13-8-10-4-1-2-6-12(10)14(13)18-15(20)17-11-5-3-7-16-9-11/h1-7,9,13-14,19H,8H2,(H2,17,18,20)/t13-,14+/m1/s1. The molecule has 3 rings (SSSR count). The Bertz CT molecular complexity index is 616. The molecular weight excluding hydrogens is 254 g/mol. The van der Waals surface area contributed by atoms with Gasteiger partial charge in [-0.3, -0.25) is 4.98 Å². The molecule has 2 amide bonds. The molecule has 0 saturated carbocycles. The van der Waals surface area contributed by atoms with Crippen LogP contribution < -0.4 is 10.6 Å². The van der Waals surface area contributed by atoms with Crippen molar-refractivity contribution in [2.45, 2.75) is 18.6 Å². The number of aromatic nitrogens is 1. The number of nitrogens with zero attached hydrogens (tertiary/aromatic N) is 1. The topological polar surface area (TPSA) is 74.2 Å². The lowest BCUT2D eigenvalue weighted by molar-refractivity contribution is 0.144. The normalized spacial score (nSPS) is 20.2. The molecule has 1 aliphatic rings. The summed E-state index contributed by atoms with van der Waals surface area (Å²) in [4.78, 5) is 15.9. The van der Waals surface area contributed by atoms with E-state index in [0.717, 1.165) is 11.1 Å². The van der Waals surface area contributed by atoms with Crippen LogP contribution in [0.1, 0.15) is 17.2 Å². The molecule has 1 aliphatic carbocycles. The van der Waals surface area contributed by atoms with Crippen molar-refractivity contribution in [2.75, 3.05) is 5.32 Å². The van der Waals surface area contributed by atoms with E-state index in [1.807, 2.05) is 24.3 Å². The first kappa shape index (κ1) is 12.6. The summed E-state index contributed by atoms with van der Waals surface area (Å²) in [5.41, 5.74) is 2.67. The fourth-order valence-corrected chi connectivity index (χ4v) is 2.49. The van der Waals surface area contributed by atoms with Gasteiger partial charge in [0.15, 0.2) is 0 Å². The molecule has 0 bridgehead atoms. The molecule has 1 aromatic heterocycles. The number of aliphatic hydroxyl groups is 1. The number of benzene rings is 1. The third-order valence-corrected chi connectivity index (χ3v) is 3.41. The minimum atomic E-state index is -0.591. The maximum atomic E-state index is 12.0. The van der Waals surface area contributed by atoms with E-state index >= 15 is 0 Å². The van der Waals surface area contributed by atoms with E-state index < -0.39 is 6.10 Å². The number of pyridine rings is 1. The fraction of sp³-hybridized carbons (Fsp3) is 0.200. The molecule has 0 unspecified atom stereocenters. The van der Waals surface area contributed by atoms with Gasteiger partial charge >= 0.3 is 6.03 Å². The van der Waals surface area contributed by atoms with Crippen LogP contribution in [0.4, 0.5) is 10.5 Å². The molecule has 0 aliphatic heterocycles. The molecule has 102 valence electrons. The smallest absolute Gasteiger partial charge is 0.319 e. The van der Waals surface area contributed by atoms with Crippen LogP contribution in [0.25, 0.3) is 0 Å². The quantitative estimate of drug-likeness (QED) is 0.779. The average Bonchev–Trinajstić information content (AvgIpc) is 2.76. The zero-order chi connectivity index (χ0) is 13.9. The second-order valence-electron chi connectivity index (χ2n) is 4.79. The predicted molar refractivity (Wildman–Crippen MR) is 75.3 cm³/mol. The summed E-state index contributed by atoms with van der Waals surface area (Å²) in [5, 5.41) is 15.6. The largest absolute Gasteiger partial charge is 0.390 e. The summed E-state index contributed by atoms with van der Waals surface area (Å²) in [6, 6.07) is 10.5. The number of fused-ring (bicyclic) bond motifs is 1. The summed E-state index contributed by atoms with van der Waals surface area (Å²) in [7, 11) is 0. The second kappa shape index (κ2) is 5.30. The fourth-order valence-electron chi connectivity index (χ4n) is 2.49. The number of urea groups is 1. The van der Waals surface area contributed by atoms with E-state index in [2.05, 4.69) is 15.6 Å². The minimum absolute atomic E-state index is 0.348. The van der Waals surface area contributed by atoms with Gasteiger partial charge in [0.1, 0.15) is 0 Å². The Morgan fingerprint density at radius 1 is 1.25 bits per heavy atom. The zero-order valence-electron chi connectivity index (χ0n) is 10.8. The van der Waals surface area contributed by atoms with Crippen LogP contribution in [0.15, 0.2) is 48.8 Å². The lowest BCUT2D eigenvalue weighted by Crippen LogP contribution is -2.36. The van der Waals surface area contributed by atoms with Crippen molar-refractivity contribution in [3.05, 3.63) is 59.9 Å². The van der Waals surface area contributed by atoms with Gasteiger partial charge in [0, 0.05) is 12.6 Å². The minimum Gasteiger partial charge on any atom is -0.390 e. The lowest BCUT2D eigenvalue weighted by atomic mass is 10.1. The van der Waals surface area contributed by atoms with E-state index in [9.17, 15) is 9.90 Å². The van der Waals surface area contributed by atoms with E-state index in [1.165, 1.54) is 0 Å². The first-order chi connectivity index (χ1) is 9.74. The van der Waals surface area contributed by atoms with E-state index in [-0.39, 0.29) is 12.1 Å². The number of carbonyl (C=O) groups is 1. The van der Waals surface area contributed by atoms with Crippen molar-refractivity contribution < 1.29 is 9.90 Å². The Hall–Kier alpha value is -2.40. The van der Waals surface area contributed by atoms with E-state index in [0.29, 0.717) is 12.1 Å². The third kappa shape index (κ3) is 2.48. The van der Waals surface area contributed by atoms with Crippen LogP contribution in [0, 0.1) is 0 Å². The second-order valence-corrected chi connectivity index (χ2v) is 4.79. The summed E-state index contributed by atoms with van der Waals surface area (Å²) in [5.74, 6) is 0. The first-order valence-corrected chi connectivity index (χ1v) is 6.47. The molecular formula is C15H15N3O2. The zero-order valence-corrected chi connectivity index (χ0v) is 10.8. The monoisotopic (exact) mass is 269 g/mol. The van der Waals surface area contributed by atoms with Gasteiger partial charge in [0.2, 0.25) is 0 Å². The SMILES string of the molecule is O=C(Nc1cccnc1)N[C@H]1c2ccccc2C[C@H]1O. The maximum Gasteiger partial charge on any atom is 0.319 e. The summed E-state index contributed by atoms with van der Waals surface area (Å²) < 4.78 is 0.